The second-order valence-electron chi connectivity index (χ2n) is 38.7. The highest BCUT2D eigenvalue weighted by Crippen LogP contribution is 2.67. The lowest BCUT2D eigenvalue weighted by Gasteiger charge is -2.30. The number of benzene rings is 21. The standard InChI is InChI=1S/C71H42N6.C65H37N5O/c72-43-49-38-48(70-74-68(44-18-4-1-5-19-44)73-69(75-70)45-20-6-2-7-21-45)34-36-63(49)77-65-31-17-13-27-54(65)58-41-56-55-39-46(47-33-37-66-57(40-47)53-26-12-16-30-64(53)76(66)50-22-8-3-9-23-50)32-35-61(55)71(62(56)42-67(58)77)59-28-14-10-24-51(59)52-25-11-15-29-60(52)71;66-38-44-33-43(64-68-62(39-15-3-1-4-16-39)67-63(69-64)40-17-5-2-6-18-40)28-31-57(44)70-58-25-13-9-21-47(58)51-36-50-49-34-41(42-29-32-61-52(35-42)48-22-10-14-26-60(48)71-61)27-30-55(49)65(56(50)37-59(51)70)53-23-11-7-19-45(53)46-20-8-12-24-54(46)65/h1-42H;1-37H. The van der Waals surface area contributed by atoms with Crippen molar-refractivity contribution >= 4 is 87.4 Å². The number of nitriles is 2. The fraction of sp³-hybridized carbons (Fsp3) is 0.0147. The molecule has 12 nitrogen and oxygen atoms in total. The van der Waals surface area contributed by atoms with Crippen molar-refractivity contribution in [1.29, 1.82) is 10.5 Å². The lowest BCUT2D eigenvalue weighted by Crippen LogP contribution is -2.25. The van der Waals surface area contributed by atoms with Gasteiger partial charge in [0.15, 0.2) is 34.9 Å². The topological polar surface area (TPSA) is 153 Å². The molecule has 684 valence electrons. The third-order valence-corrected chi connectivity index (χ3v) is 31.1. The Kier molecular flexibility index (Phi) is 18.5. The van der Waals surface area contributed by atoms with Crippen molar-refractivity contribution in [2.75, 3.05) is 0 Å². The van der Waals surface area contributed by atoms with Gasteiger partial charge < -0.3 is 18.1 Å². The van der Waals surface area contributed by atoms with Crippen LogP contribution in [-0.4, -0.2) is 43.6 Å². The second kappa shape index (κ2) is 32.7. The van der Waals surface area contributed by atoms with E-state index in [4.69, 9.17) is 34.3 Å². The monoisotopic (exact) mass is 1880 g/mol. The zero-order valence-corrected chi connectivity index (χ0v) is 79.4. The van der Waals surface area contributed by atoms with Crippen LogP contribution in [0.15, 0.2) is 484 Å². The van der Waals surface area contributed by atoms with E-state index >= 15 is 0 Å². The maximum atomic E-state index is 11.2. The quantitative estimate of drug-likeness (QED) is 0.123. The molecule has 2 spiro atoms. The first kappa shape index (κ1) is 83.6. The van der Waals surface area contributed by atoms with E-state index in [-0.39, 0.29) is 0 Å². The Morgan fingerprint density at radius 1 is 0.182 bits per heavy atom. The van der Waals surface area contributed by atoms with Crippen LogP contribution in [0.4, 0.5) is 0 Å². The first-order valence-electron chi connectivity index (χ1n) is 50.0. The summed E-state index contributed by atoms with van der Waals surface area (Å²) in [6, 6.07) is 175. The molecule has 31 rings (SSSR count). The molecule has 4 aliphatic rings. The molecule has 0 atom stereocenters. The van der Waals surface area contributed by atoms with Crippen LogP contribution in [0.5, 0.6) is 0 Å². The summed E-state index contributed by atoms with van der Waals surface area (Å²) in [4.78, 5) is 29.9. The molecule has 0 bridgehead atoms. The van der Waals surface area contributed by atoms with E-state index in [1.165, 1.54) is 116 Å². The van der Waals surface area contributed by atoms with E-state index in [2.05, 4.69) is 347 Å². The third-order valence-electron chi connectivity index (χ3n) is 31.1. The number of rotatable bonds is 11. The molecule has 4 aliphatic carbocycles. The Hall–Kier alpha value is -20.2. The van der Waals surface area contributed by atoms with Gasteiger partial charge in [0.05, 0.1) is 66.4 Å². The fourth-order valence-corrected chi connectivity index (χ4v) is 24.8. The van der Waals surface area contributed by atoms with E-state index in [9.17, 15) is 10.5 Å². The summed E-state index contributed by atoms with van der Waals surface area (Å²) in [5.41, 5.74) is 40.3. The van der Waals surface area contributed by atoms with Crippen molar-refractivity contribution in [1.82, 2.24) is 43.6 Å². The summed E-state index contributed by atoms with van der Waals surface area (Å²) in [6.07, 6.45) is 0. The van der Waals surface area contributed by atoms with Gasteiger partial charge in [-0.05, 0) is 245 Å². The molecule has 0 unspecified atom stereocenters. The lowest BCUT2D eigenvalue weighted by atomic mass is 9.70. The van der Waals surface area contributed by atoms with Crippen LogP contribution in [0.1, 0.15) is 55.6 Å². The molecule has 27 aromatic rings. The normalized spacial score (nSPS) is 12.8. The molecular weight excluding hydrogens is 1800 g/mol. The predicted molar refractivity (Wildman–Crippen MR) is 595 cm³/mol. The second-order valence-corrected chi connectivity index (χ2v) is 38.7. The predicted octanol–water partition coefficient (Wildman–Crippen LogP) is 32.7. The summed E-state index contributed by atoms with van der Waals surface area (Å²) < 4.78 is 13.2. The largest absolute Gasteiger partial charge is 0.456 e. The average Bonchev–Trinajstić information content (AvgIpc) is 1.50. The molecule has 0 fully saturated rings. The number of aromatic nitrogens is 9. The Balaban J connectivity index is 0.000000137. The molecule has 0 saturated carbocycles. The van der Waals surface area contributed by atoms with E-state index in [1.54, 1.807) is 0 Å². The first-order valence-corrected chi connectivity index (χ1v) is 50.0. The van der Waals surface area contributed by atoms with Gasteiger partial charge in [0, 0.05) is 82.2 Å². The van der Waals surface area contributed by atoms with Gasteiger partial charge in [-0.15, -0.1) is 0 Å². The minimum atomic E-state index is -0.605. The molecule has 0 amide bonds. The van der Waals surface area contributed by atoms with Crippen LogP contribution >= 0.6 is 0 Å². The van der Waals surface area contributed by atoms with Crippen LogP contribution in [0.2, 0.25) is 0 Å². The van der Waals surface area contributed by atoms with Gasteiger partial charge in [0.1, 0.15) is 23.3 Å². The van der Waals surface area contributed by atoms with Crippen LogP contribution in [0, 0.1) is 22.7 Å². The van der Waals surface area contributed by atoms with Crippen molar-refractivity contribution in [2.24, 2.45) is 0 Å². The first-order chi connectivity index (χ1) is 73.3. The molecule has 12 heteroatoms. The smallest absolute Gasteiger partial charge is 0.164 e. The highest BCUT2D eigenvalue weighted by molar-refractivity contribution is 6.17. The fourth-order valence-electron chi connectivity index (χ4n) is 24.8. The van der Waals surface area contributed by atoms with Gasteiger partial charge in [0.25, 0.3) is 0 Å². The molecule has 0 radical (unpaired) electrons. The summed E-state index contributed by atoms with van der Waals surface area (Å²) in [6.45, 7) is 0. The molecule has 0 N–H and O–H groups in total. The van der Waals surface area contributed by atoms with Gasteiger partial charge >= 0.3 is 0 Å². The molecular formula is C136H79N11O. The molecule has 6 aromatic heterocycles. The highest BCUT2D eigenvalue weighted by Gasteiger charge is 2.54. The number of nitrogens with zero attached hydrogens (tertiary/aromatic N) is 11. The Morgan fingerprint density at radius 2 is 0.473 bits per heavy atom. The average molecular weight is 1880 g/mol. The molecule has 6 heterocycles. The van der Waals surface area contributed by atoms with Gasteiger partial charge in [-0.25, -0.2) is 29.9 Å². The maximum absolute atomic E-state index is 11.2. The highest BCUT2D eigenvalue weighted by atomic mass is 16.3. The van der Waals surface area contributed by atoms with E-state index in [0.717, 1.165) is 133 Å². The zero-order valence-electron chi connectivity index (χ0n) is 79.4. The van der Waals surface area contributed by atoms with Crippen molar-refractivity contribution in [3.05, 3.63) is 535 Å². The van der Waals surface area contributed by atoms with Crippen LogP contribution in [0.25, 0.3) is 240 Å². The molecule has 21 aromatic carbocycles. The number of furan rings is 1. The Bertz CT molecular complexity index is 10200. The van der Waals surface area contributed by atoms with Crippen molar-refractivity contribution in [3.8, 4) is 164 Å². The number of para-hydroxylation sites is 5. The third kappa shape index (κ3) is 12.4. The lowest BCUT2D eigenvalue weighted by molar-refractivity contribution is 0.669. The van der Waals surface area contributed by atoms with E-state index < -0.39 is 10.8 Å². The summed E-state index contributed by atoms with van der Waals surface area (Å²) in [5.74, 6) is 3.27. The molecule has 0 saturated heterocycles. The van der Waals surface area contributed by atoms with Crippen LogP contribution in [-0.2, 0) is 10.8 Å². The van der Waals surface area contributed by atoms with Crippen molar-refractivity contribution in [3.63, 3.8) is 0 Å². The van der Waals surface area contributed by atoms with Crippen molar-refractivity contribution < 1.29 is 4.42 Å². The SMILES string of the molecule is N#Cc1cc(-c2nc(-c3ccccc3)nc(-c3ccccc3)n2)ccc1-n1c2ccccc2c2cc3c(cc21)C1(c2ccccc2-c2ccccc21)c1ccc(-c2ccc4c(c2)c2ccccc2n4-c2ccccc2)cc1-3.N#Cc1cc(-c2nc(-c3ccccc3)nc(-c3ccccc3)n2)ccc1-n1c2ccccc2c2cc3c(cc21)C1(c2ccccc2-c2ccccc21)c1ccc(-c2ccc4oc5ccccc5c4c2)cc1-3. The maximum Gasteiger partial charge on any atom is 0.164 e. The minimum absolute atomic E-state index is 0.497. The number of hydrogen-bond acceptors (Lipinski definition) is 9. The summed E-state index contributed by atoms with van der Waals surface area (Å²) >= 11 is 0. The van der Waals surface area contributed by atoms with Crippen LogP contribution < -0.4 is 0 Å². The summed E-state index contributed by atoms with van der Waals surface area (Å²) in [7, 11) is 0. The Labute approximate surface area is 850 Å². The van der Waals surface area contributed by atoms with E-state index in [1.807, 2.05) is 158 Å². The molecule has 0 aliphatic heterocycles. The van der Waals surface area contributed by atoms with Crippen molar-refractivity contribution in [2.45, 2.75) is 10.8 Å². The summed E-state index contributed by atoms with van der Waals surface area (Å²) in [5, 5.41) is 31.5. The van der Waals surface area contributed by atoms with Gasteiger partial charge in [0.2, 0.25) is 0 Å². The van der Waals surface area contributed by atoms with Gasteiger partial charge in [-0.2, -0.15) is 10.5 Å². The minimum Gasteiger partial charge on any atom is -0.456 e. The molecule has 148 heavy (non-hydrogen) atoms. The van der Waals surface area contributed by atoms with Crippen LogP contribution in [0.3, 0.4) is 0 Å². The zero-order chi connectivity index (χ0) is 97.6. The van der Waals surface area contributed by atoms with E-state index in [0.29, 0.717) is 46.1 Å². The van der Waals surface area contributed by atoms with Gasteiger partial charge in [-0.1, -0.05) is 346 Å². The number of fused-ring (bicyclic) bond motifs is 32. The Morgan fingerprint density at radius 3 is 0.885 bits per heavy atom. The van der Waals surface area contributed by atoms with Gasteiger partial charge in [-0.3, -0.25) is 0 Å². The number of hydrogen-bond donors (Lipinski definition) is 0.